The maximum atomic E-state index is 12.0. The number of carboxylic acids is 1. The highest BCUT2D eigenvalue weighted by atomic mass is 16.5. The molecule has 1 saturated carbocycles. The van der Waals surface area contributed by atoms with Crippen LogP contribution in [0.2, 0.25) is 0 Å². The first kappa shape index (κ1) is 22.8. The quantitative estimate of drug-likeness (QED) is 0.607. The molecule has 166 valence electrons. The Balaban J connectivity index is 1.86. The topological polar surface area (TPSA) is 104 Å². The van der Waals surface area contributed by atoms with Crippen LogP contribution in [0.25, 0.3) is 0 Å². The second kappa shape index (κ2) is 7.97. The summed E-state index contributed by atoms with van der Waals surface area (Å²) < 4.78 is 5.50. The van der Waals surface area contributed by atoms with Crippen molar-refractivity contribution >= 4 is 11.9 Å². The zero-order valence-corrected chi connectivity index (χ0v) is 18.4. The van der Waals surface area contributed by atoms with Gasteiger partial charge in [0, 0.05) is 5.41 Å². The lowest BCUT2D eigenvalue weighted by atomic mass is 9.49. The second-order valence-electron chi connectivity index (χ2n) is 10.1. The smallest absolute Gasteiger partial charge is 0.306 e. The summed E-state index contributed by atoms with van der Waals surface area (Å²) in [6, 6.07) is 5.92. The molecule has 1 aromatic carbocycles. The molecular formula is C24H34O6. The van der Waals surface area contributed by atoms with Gasteiger partial charge in [-0.15, -0.1) is 0 Å². The number of fused-ring (bicyclic) bond motifs is 3. The standard InChI is InChI=1S/C24H34O6/c1-22(2,29)15-6-7-17-16(12-15)18(25)13-19-23(3,10-5-11-24(17,19)4)14-30-21(28)9-8-20(26)27/h6-7,12,18-19,25,29H,5,8-11,13-14H2,1-4H3,(H,26,27)/t18-,19+,23+,24-/m1/s1. The molecule has 0 amide bonds. The van der Waals surface area contributed by atoms with Crippen LogP contribution < -0.4 is 0 Å². The third kappa shape index (κ3) is 4.26. The average molecular weight is 419 g/mol. The first-order valence-corrected chi connectivity index (χ1v) is 10.8. The molecule has 3 N–H and O–H groups in total. The highest BCUT2D eigenvalue weighted by Crippen LogP contribution is 2.59. The molecule has 0 aromatic heterocycles. The highest BCUT2D eigenvalue weighted by molar-refractivity contribution is 5.76. The van der Waals surface area contributed by atoms with Crippen molar-refractivity contribution in [1.82, 2.24) is 0 Å². The summed E-state index contributed by atoms with van der Waals surface area (Å²) in [6.45, 7) is 8.06. The Morgan fingerprint density at radius 2 is 1.90 bits per heavy atom. The zero-order chi connectivity index (χ0) is 22.3. The van der Waals surface area contributed by atoms with Gasteiger partial charge in [0.15, 0.2) is 0 Å². The van der Waals surface area contributed by atoms with Gasteiger partial charge in [0.1, 0.15) is 0 Å². The van der Waals surface area contributed by atoms with Gasteiger partial charge in [-0.3, -0.25) is 9.59 Å². The minimum atomic E-state index is -1.01. The minimum absolute atomic E-state index is 0.126. The molecule has 0 saturated heterocycles. The number of carbonyl (C=O) groups is 2. The van der Waals surface area contributed by atoms with Gasteiger partial charge in [0.05, 0.1) is 31.2 Å². The SMILES string of the molecule is CC(C)(O)c1ccc2c(c1)[C@H](O)C[C@H]1[C@](C)(COC(=O)CCC(=O)O)CCC[C@]21C. The lowest BCUT2D eigenvalue weighted by Crippen LogP contribution is -2.51. The summed E-state index contributed by atoms with van der Waals surface area (Å²) in [5.74, 6) is -1.38. The summed E-state index contributed by atoms with van der Waals surface area (Å²) >= 11 is 0. The third-order valence-corrected chi connectivity index (χ3v) is 7.35. The summed E-state index contributed by atoms with van der Waals surface area (Å²) in [5, 5.41) is 30.2. The van der Waals surface area contributed by atoms with Crippen LogP contribution >= 0.6 is 0 Å². The number of hydrogen-bond acceptors (Lipinski definition) is 5. The number of ether oxygens (including phenoxy) is 1. The van der Waals surface area contributed by atoms with Gasteiger partial charge in [0.2, 0.25) is 0 Å². The number of benzene rings is 1. The van der Waals surface area contributed by atoms with Crippen molar-refractivity contribution in [2.24, 2.45) is 11.3 Å². The predicted molar refractivity (Wildman–Crippen MR) is 112 cm³/mol. The molecule has 3 rings (SSSR count). The summed E-state index contributed by atoms with van der Waals surface area (Å²) in [6.07, 6.45) is 2.44. The Morgan fingerprint density at radius 1 is 1.20 bits per heavy atom. The number of carbonyl (C=O) groups excluding carboxylic acids is 1. The summed E-state index contributed by atoms with van der Waals surface area (Å²) in [4.78, 5) is 22.7. The molecule has 0 radical (unpaired) electrons. The number of aliphatic carboxylic acids is 1. The van der Waals surface area contributed by atoms with Crippen LogP contribution in [-0.4, -0.2) is 33.9 Å². The number of rotatable bonds is 6. The molecule has 6 nitrogen and oxygen atoms in total. The van der Waals surface area contributed by atoms with Gasteiger partial charge in [0.25, 0.3) is 0 Å². The number of carboxylic acid groups (broad SMARTS) is 1. The molecule has 0 unspecified atom stereocenters. The van der Waals surface area contributed by atoms with Crippen LogP contribution in [0.1, 0.15) is 89.0 Å². The van der Waals surface area contributed by atoms with Crippen molar-refractivity contribution < 1.29 is 29.6 Å². The Morgan fingerprint density at radius 3 is 2.53 bits per heavy atom. The fourth-order valence-electron chi connectivity index (χ4n) is 5.63. The maximum Gasteiger partial charge on any atom is 0.306 e. The number of aliphatic hydroxyl groups is 2. The number of esters is 1. The van der Waals surface area contributed by atoms with E-state index in [0.29, 0.717) is 6.42 Å². The van der Waals surface area contributed by atoms with Gasteiger partial charge < -0.3 is 20.1 Å². The minimum Gasteiger partial charge on any atom is -0.481 e. The van der Waals surface area contributed by atoms with Crippen LogP contribution in [0, 0.1) is 11.3 Å². The van der Waals surface area contributed by atoms with Crippen molar-refractivity contribution in [3.8, 4) is 0 Å². The van der Waals surface area contributed by atoms with E-state index in [0.717, 1.165) is 36.0 Å². The second-order valence-corrected chi connectivity index (χ2v) is 10.1. The van der Waals surface area contributed by atoms with Crippen LogP contribution in [-0.2, 0) is 25.3 Å². The monoisotopic (exact) mass is 418 g/mol. The lowest BCUT2D eigenvalue weighted by Gasteiger charge is -2.56. The molecule has 4 atom stereocenters. The van der Waals surface area contributed by atoms with E-state index in [-0.39, 0.29) is 36.2 Å². The van der Waals surface area contributed by atoms with Crippen molar-refractivity contribution in [2.75, 3.05) is 6.61 Å². The molecular weight excluding hydrogens is 384 g/mol. The summed E-state index contributed by atoms with van der Waals surface area (Å²) in [5.41, 5.74) is 1.36. The Bertz CT molecular complexity index is 825. The molecule has 6 heteroatoms. The lowest BCUT2D eigenvalue weighted by molar-refractivity contribution is -0.154. The zero-order valence-electron chi connectivity index (χ0n) is 18.4. The fourth-order valence-corrected chi connectivity index (χ4v) is 5.63. The van der Waals surface area contributed by atoms with Crippen LogP contribution in [0.4, 0.5) is 0 Å². The van der Waals surface area contributed by atoms with Crippen LogP contribution in [0.5, 0.6) is 0 Å². The van der Waals surface area contributed by atoms with Crippen LogP contribution in [0.3, 0.4) is 0 Å². The molecule has 1 aromatic rings. The molecule has 2 aliphatic carbocycles. The predicted octanol–water partition coefficient (Wildman–Crippen LogP) is 3.82. The average Bonchev–Trinajstić information content (AvgIpc) is 2.66. The highest BCUT2D eigenvalue weighted by Gasteiger charge is 2.54. The largest absolute Gasteiger partial charge is 0.481 e. The normalized spacial score (nSPS) is 30.9. The summed E-state index contributed by atoms with van der Waals surface area (Å²) in [7, 11) is 0. The van der Waals surface area contributed by atoms with Crippen molar-refractivity contribution in [3.63, 3.8) is 0 Å². The van der Waals surface area contributed by atoms with Gasteiger partial charge >= 0.3 is 11.9 Å². The van der Waals surface area contributed by atoms with Crippen molar-refractivity contribution in [3.05, 3.63) is 34.9 Å². The van der Waals surface area contributed by atoms with E-state index >= 15 is 0 Å². The molecule has 0 bridgehead atoms. The van der Waals surface area contributed by atoms with Crippen LogP contribution in [0.15, 0.2) is 18.2 Å². The van der Waals surface area contributed by atoms with Crippen molar-refractivity contribution in [1.29, 1.82) is 0 Å². The first-order valence-electron chi connectivity index (χ1n) is 10.8. The Labute approximate surface area is 178 Å². The Kier molecular flexibility index (Phi) is 6.04. The van der Waals surface area contributed by atoms with E-state index in [9.17, 15) is 19.8 Å². The molecule has 0 aliphatic heterocycles. The molecule has 30 heavy (non-hydrogen) atoms. The van der Waals surface area contributed by atoms with Crippen molar-refractivity contribution in [2.45, 2.75) is 83.3 Å². The van der Waals surface area contributed by atoms with Gasteiger partial charge in [-0.25, -0.2) is 0 Å². The van der Waals surface area contributed by atoms with E-state index in [1.807, 2.05) is 18.2 Å². The van der Waals surface area contributed by atoms with Gasteiger partial charge in [-0.05, 0) is 61.1 Å². The molecule has 0 heterocycles. The van der Waals surface area contributed by atoms with E-state index < -0.39 is 23.6 Å². The van der Waals surface area contributed by atoms with E-state index in [1.165, 1.54) is 0 Å². The first-order chi connectivity index (χ1) is 13.9. The molecule has 1 fully saturated rings. The number of hydrogen-bond donors (Lipinski definition) is 3. The third-order valence-electron chi connectivity index (χ3n) is 7.35. The maximum absolute atomic E-state index is 12.0. The van der Waals surface area contributed by atoms with E-state index in [2.05, 4.69) is 13.8 Å². The molecule has 2 aliphatic rings. The number of aliphatic hydroxyl groups excluding tert-OH is 1. The van der Waals surface area contributed by atoms with E-state index in [4.69, 9.17) is 9.84 Å². The van der Waals surface area contributed by atoms with Gasteiger partial charge in [-0.1, -0.05) is 38.5 Å². The Hall–Kier alpha value is -1.92. The molecule has 0 spiro atoms. The van der Waals surface area contributed by atoms with Gasteiger partial charge in [-0.2, -0.15) is 0 Å². The fraction of sp³-hybridized carbons (Fsp3) is 0.667. The van der Waals surface area contributed by atoms with E-state index in [1.54, 1.807) is 13.8 Å².